The first-order chi connectivity index (χ1) is 18.5. The van der Waals surface area contributed by atoms with Crippen LogP contribution in [0.4, 0.5) is 0 Å². The lowest BCUT2D eigenvalue weighted by Gasteiger charge is -2.38. The smallest absolute Gasteiger partial charge is 0.423 e. The minimum Gasteiger partial charge on any atom is -0.423 e. The maximum Gasteiger partial charge on any atom is 0.491 e. The van der Waals surface area contributed by atoms with E-state index in [9.17, 15) is 20.2 Å². The average molecular weight is 518 g/mol. The van der Waals surface area contributed by atoms with Gasteiger partial charge in [0.05, 0.1) is 11.2 Å². The summed E-state index contributed by atoms with van der Waals surface area (Å²) in [5.74, 6) is 0. The Kier molecular flexibility index (Phi) is 7.14. The summed E-state index contributed by atoms with van der Waals surface area (Å²) in [5, 5.41) is 45.4. The molecule has 5 nitrogen and oxygen atoms in total. The van der Waals surface area contributed by atoms with Gasteiger partial charge in [-0.25, -0.2) is 0 Å². The van der Waals surface area contributed by atoms with Crippen LogP contribution in [-0.2, 0) is 4.65 Å². The summed E-state index contributed by atoms with van der Waals surface area (Å²) >= 11 is 0. The zero-order valence-electron chi connectivity index (χ0n) is 22.6. The summed E-state index contributed by atoms with van der Waals surface area (Å²) in [6.07, 6.45) is 0. The number of aliphatic hydroxyl groups is 1. The van der Waals surface area contributed by atoms with E-state index in [1.807, 2.05) is 91.0 Å². The van der Waals surface area contributed by atoms with Crippen LogP contribution in [0, 0.1) is 0 Å². The first-order valence-corrected chi connectivity index (χ1v) is 13.1. The van der Waals surface area contributed by atoms with E-state index in [1.165, 1.54) is 0 Å². The van der Waals surface area contributed by atoms with Crippen LogP contribution >= 0.6 is 0 Å². The zero-order valence-corrected chi connectivity index (χ0v) is 22.6. The third-order valence-corrected chi connectivity index (χ3v) is 7.75. The fourth-order valence-corrected chi connectivity index (χ4v) is 4.90. The molecule has 4 N–H and O–H groups in total. The quantitative estimate of drug-likeness (QED) is 0.191. The van der Waals surface area contributed by atoms with Crippen molar-refractivity contribution in [2.24, 2.45) is 0 Å². The molecule has 5 aromatic carbocycles. The molecule has 0 aliphatic heterocycles. The Labute approximate surface area is 229 Å². The van der Waals surface area contributed by atoms with E-state index in [0.717, 1.165) is 43.8 Å². The molecular formula is C32H32B2O5. The van der Waals surface area contributed by atoms with E-state index in [2.05, 4.69) is 0 Å². The van der Waals surface area contributed by atoms with E-state index in [-0.39, 0.29) is 0 Å². The van der Waals surface area contributed by atoms with Crippen molar-refractivity contribution >= 4 is 46.7 Å². The molecule has 0 fully saturated rings. The van der Waals surface area contributed by atoms with Gasteiger partial charge in [-0.2, -0.15) is 0 Å². The largest absolute Gasteiger partial charge is 0.491 e. The first-order valence-electron chi connectivity index (χ1n) is 13.1. The first kappa shape index (κ1) is 27.1. The fraction of sp³-hybridized carbons (Fsp3) is 0.188. The Hall–Kier alpha value is -3.45. The van der Waals surface area contributed by atoms with Crippen LogP contribution in [0.15, 0.2) is 97.1 Å². The minimum absolute atomic E-state index is 0.410. The maximum atomic E-state index is 11.1. The number of hydrogen-bond acceptors (Lipinski definition) is 5. The van der Waals surface area contributed by atoms with Gasteiger partial charge in [0.2, 0.25) is 0 Å². The van der Waals surface area contributed by atoms with Crippen molar-refractivity contribution in [3.05, 3.63) is 97.1 Å². The molecule has 0 spiro atoms. The molecule has 0 unspecified atom stereocenters. The molecule has 196 valence electrons. The van der Waals surface area contributed by atoms with Crippen LogP contribution < -0.4 is 10.9 Å². The summed E-state index contributed by atoms with van der Waals surface area (Å²) < 4.78 is 5.98. The van der Waals surface area contributed by atoms with Crippen molar-refractivity contribution in [1.29, 1.82) is 0 Å². The van der Waals surface area contributed by atoms with Crippen molar-refractivity contribution in [1.82, 2.24) is 0 Å². The summed E-state index contributed by atoms with van der Waals surface area (Å²) in [6.45, 7) is 6.81. The van der Waals surface area contributed by atoms with Crippen molar-refractivity contribution in [2.45, 2.75) is 38.9 Å². The van der Waals surface area contributed by atoms with Gasteiger partial charge in [0, 0.05) is 0 Å². The summed E-state index contributed by atoms with van der Waals surface area (Å²) in [6, 6.07) is 31.3. The standard InChI is InChI=1S/C32H32B2O5/c1-31(2,35)32(3,4)39-34(38)24-16-18-26-28(20-24)30(22-13-9-6-10-14-22)25-17-15-23(33(36)37)19-27(25)29(26)21-11-7-5-8-12-21/h5-20,35-38H,1-4H3. The van der Waals surface area contributed by atoms with Crippen LogP contribution in [0.3, 0.4) is 0 Å². The highest BCUT2D eigenvalue weighted by Gasteiger charge is 2.39. The van der Waals surface area contributed by atoms with Crippen LogP contribution in [0.2, 0.25) is 0 Å². The van der Waals surface area contributed by atoms with E-state index < -0.39 is 25.4 Å². The molecule has 5 rings (SSSR count). The van der Waals surface area contributed by atoms with Crippen molar-refractivity contribution in [2.75, 3.05) is 0 Å². The van der Waals surface area contributed by atoms with Crippen LogP contribution in [0.25, 0.3) is 43.8 Å². The second-order valence-corrected chi connectivity index (χ2v) is 11.0. The van der Waals surface area contributed by atoms with E-state index in [1.54, 1.807) is 33.8 Å². The Morgan fingerprint density at radius 1 is 0.564 bits per heavy atom. The zero-order chi connectivity index (χ0) is 27.9. The second-order valence-electron chi connectivity index (χ2n) is 11.0. The van der Waals surface area contributed by atoms with E-state index in [4.69, 9.17) is 4.65 Å². The molecule has 0 amide bonds. The van der Waals surface area contributed by atoms with E-state index in [0.29, 0.717) is 10.9 Å². The normalized spacial score (nSPS) is 12.2. The number of benzene rings is 5. The van der Waals surface area contributed by atoms with Gasteiger partial charge in [-0.3, -0.25) is 0 Å². The molecule has 0 saturated heterocycles. The third-order valence-electron chi connectivity index (χ3n) is 7.75. The molecule has 5 aromatic rings. The summed E-state index contributed by atoms with van der Waals surface area (Å²) in [4.78, 5) is 0. The van der Waals surface area contributed by atoms with Crippen LogP contribution in [0.1, 0.15) is 27.7 Å². The molecule has 0 atom stereocenters. The topological polar surface area (TPSA) is 90.2 Å². The highest BCUT2D eigenvalue weighted by molar-refractivity contribution is 6.60. The SMILES string of the molecule is CC(C)(O)C(C)(C)OB(O)c1ccc2c(-c3ccccc3)c3cc(B(O)O)ccc3c(-c3ccccc3)c2c1. The number of hydrogen-bond donors (Lipinski definition) is 4. The number of fused-ring (bicyclic) bond motifs is 2. The van der Waals surface area contributed by atoms with Crippen LogP contribution in [-0.4, -0.2) is 45.6 Å². The van der Waals surface area contributed by atoms with Crippen molar-refractivity contribution in [3.8, 4) is 22.3 Å². The highest BCUT2D eigenvalue weighted by Crippen LogP contribution is 2.43. The Bertz CT molecular complexity index is 1630. The average Bonchev–Trinajstić information content (AvgIpc) is 2.91. The van der Waals surface area contributed by atoms with Crippen molar-refractivity contribution < 1.29 is 24.8 Å². The van der Waals surface area contributed by atoms with Gasteiger partial charge in [-0.15, -0.1) is 0 Å². The molecule has 0 bridgehead atoms. The Morgan fingerprint density at radius 3 is 1.44 bits per heavy atom. The third kappa shape index (κ3) is 5.12. The van der Waals surface area contributed by atoms with Crippen molar-refractivity contribution in [3.63, 3.8) is 0 Å². The molecule has 39 heavy (non-hydrogen) atoms. The molecule has 0 aliphatic carbocycles. The van der Waals surface area contributed by atoms with Gasteiger partial charge in [0.15, 0.2) is 0 Å². The molecule has 7 heteroatoms. The van der Waals surface area contributed by atoms with Gasteiger partial charge < -0.3 is 24.8 Å². The lowest BCUT2D eigenvalue weighted by atomic mass is 9.73. The van der Waals surface area contributed by atoms with Crippen LogP contribution in [0.5, 0.6) is 0 Å². The number of rotatable bonds is 7. The van der Waals surface area contributed by atoms with Gasteiger partial charge >= 0.3 is 14.2 Å². The minimum atomic E-state index is -1.59. The predicted molar refractivity (Wildman–Crippen MR) is 161 cm³/mol. The van der Waals surface area contributed by atoms with Gasteiger partial charge in [0.25, 0.3) is 0 Å². The lowest BCUT2D eigenvalue weighted by molar-refractivity contribution is -0.0982. The molecule has 0 saturated carbocycles. The Morgan fingerprint density at radius 2 is 1.00 bits per heavy atom. The molecule has 0 aliphatic rings. The Balaban J connectivity index is 1.85. The monoisotopic (exact) mass is 518 g/mol. The van der Waals surface area contributed by atoms with Gasteiger partial charge in [-0.05, 0) is 82.4 Å². The van der Waals surface area contributed by atoms with Gasteiger partial charge in [0.1, 0.15) is 0 Å². The molecule has 0 radical (unpaired) electrons. The highest BCUT2D eigenvalue weighted by atomic mass is 16.5. The summed E-state index contributed by atoms with van der Waals surface area (Å²) in [7, 11) is -2.86. The lowest BCUT2D eigenvalue weighted by Crippen LogP contribution is -2.53. The molecule has 0 heterocycles. The summed E-state index contributed by atoms with van der Waals surface area (Å²) in [5.41, 5.74) is 2.70. The van der Waals surface area contributed by atoms with E-state index >= 15 is 0 Å². The predicted octanol–water partition coefficient (Wildman–Crippen LogP) is 4.26. The fourth-order valence-electron chi connectivity index (χ4n) is 4.90. The second kappa shape index (κ2) is 10.3. The maximum absolute atomic E-state index is 11.1. The molecule has 0 aromatic heterocycles. The van der Waals surface area contributed by atoms with Gasteiger partial charge in [-0.1, -0.05) is 97.1 Å². The molecular weight excluding hydrogens is 486 g/mol.